The zero-order chi connectivity index (χ0) is 8.55. The van der Waals surface area contributed by atoms with Gasteiger partial charge in [-0.3, -0.25) is 0 Å². The third kappa shape index (κ3) is 0.964. The molecule has 12 heavy (non-hydrogen) atoms. The normalized spacial score (nSPS) is 10.5. The second-order valence-electron chi connectivity index (χ2n) is 2.58. The summed E-state index contributed by atoms with van der Waals surface area (Å²) in [5, 5.41) is 0.969. The smallest absolute Gasteiger partial charge is 0.218 e. The average molecular weight is 180 g/mol. The van der Waals surface area contributed by atoms with Crippen molar-refractivity contribution in [2.45, 2.75) is 0 Å². The van der Waals surface area contributed by atoms with Gasteiger partial charge in [0.25, 0.3) is 0 Å². The maximum Gasteiger partial charge on any atom is 0.352 e. The Morgan fingerprint density at radius 2 is 2.17 bits per heavy atom. The van der Waals surface area contributed by atoms with E-state index in [9.17, 15) is 0 Å². The lowest BCUT2D eigenvalue weighted by Crippen LogP contribution is -2.31. The monoisotopic (exact) mass is 180 g/mol. The first-order valence-corrected chi connectivity index (χ1v) is 4.49. The van der Waals surface area contributed by atoms with Crippen molar-refractivity contribution in [3.63, 3.8) is 0 Å². The van der Waals surface area contributed by atoms with Crippen molar-refractivity contribution < 1.29 is 4.57 Å². The largest absolute Gasteiger partial charge is 0.352 e. The summed E-state index contributed by atoms with van der Waals surface area (Å²) in [7, 11) is 1.99. The molecule has 0 fully saturated rings. The van der Waals surface area contributed by atoms with Crippen LogP contribution in [0.2, 0.25) is 0 Å². The number of rotatable bonds is 1. The lowest BCUT2D eigenvalue weighted by Gasteiger charge is -1.89. The van der Waals surface area contributed by atoms with E-state index in [-0.39, 0.29) is 0 Å². The van der Waals surface area contributed by atoms with E-state index < -0.39 is 0 Å². The summed E-state index contributed by atoms with van der Waals surface area (Å²) in [6, 6.07) is 8.21. The Hall–Kier alpha value is -1.13. The molecule has 62 valence electrons. The molecule has 0 atom stereocenters. The number of hydrogen-bond acceptors (Lipinski definition) is 3. The molecule has 0 unspecified atom stereocenters. The van der Waals surface area contributed by atoms with Gasteiger partial charge in [-0.25, -0.2) is 4.57 Å². The van der Waals surface area contributed by atoms with Crippen LogP contribution in [0.1, 0.15) is 0 Å². The van der Waals surface area contributed by atoms with E-state index >= 15 is 0 Å². The molecule has 2 rings (SSSR count). The van der Waals surface area contributed by atoms with Crippen LogP contribution in [0, 0.1) is 0 Å². The second-order valence-corrected chi connectivity index (χ2v) is 3.61. The number of anilines is 1. The van der Waals surface area contributed by atoms with Gasteiger partial charge < -0.3 is 0 Å². The third-order valence-corrected chi connectivity index (χ3v) is 3.01. The van der Waals surface area contributed by atoms with Crippen molar-refractivity contribution >= 4 is 26.7 Å². The van der Waals surface area contributed by atoms with Gasteiger partial charge in [0.1, 0.15) is 5.52 Å². The molecule has 1 aromatic carbocycles. The Labute approximate surface area is 74.4 Å². The molecule has 0 spiro atoms. The minimum atomic E-state index is 0.969. The molecule has 0 saturated heterocycles. The molecular weight excluding hydrogens is 170 g/mol. The lowest BCUT2D eigenvalue weighted by atomic mass is 10.3. The molecule has 1 heterocycles. The Kier molecular flexibility index (Phi) is 1.71. The van der Waals surface area contributed by atoms with Crippen molar-refractivity contribution in [1.82, 2.24) is 0 Å². The standard InChI is InChI=1S/C8H9N3S/c1-11-6-4-2-3-5-7(6)12-8(11)10-9/h2-5H,9H2,1H3/p+1. The summed E-state index contributed by atoms with van der Waals surface area (Å²) in [5.74, 6) is 5.35. The van der Waals surface area contributed by atoms with Crippen LogP contribution >= 0.6 is 11.3 Å². The summed E-state index contributed by atoms with van der Waals surface area (Å²) in [6.07, 6.45) is 0. The molecule has 2 aromatic rings. The highest BCUT2D eigenvalue weighted by Gasteiger charge is 2.11. The van der Waals surface area contributed by atoms with E-state index in [2.05, 4.69) is 17.6 Å². The van der Waals surface area contributed by atoms with Gasteiger partial charge in [0.2, 0.25) is 0 Å². The number of nitrogen functional groups attached to an aromatic ring is 1. The molecule has 0 saturated carbocycles. The number of fused-ring (bicyclic) bond motifs is 1. The van der Waals surface area contributed by atoms with Crippen LogP contribution < -0.4 is 15.8 Å². The third-order valence-electron chi connectivity index (χ3n) is 1.86. The molecule has 0 aliphatic rings. The van der Waals surface area contributed by atoms with Gasteiger partial charge in [-0.05, 0) is 23.5 Å². The zero-order valence-electron chi connectivity index (χ0n) is 6.74. The van der Waals surface area contributed by atoms with Crippen LogP contribution in [0.15, 0.2) is 24.3 Å². The first-order valence-electron chi connectivity index (χ1n) is 3.67. The van der Waals surface area contributed by atoms with Gasteiger partial charge in [0.05, 0.1) is 11.7 Å². The molecule has 0 aliphatic carbocycles. The summed E-state index contributed by atoms with van der Waals surface area (Å²) in [5.41, 5.74) is 3.87. The summed E-state index contributed by atoms with van der Waals surface area (Å²) in [4.78, 5) is 0. The van der Waals surface area contributed by atoms with Crippen LogP contribution in [-0.2, 0) is 7.05 Å². The number of nitrogens with one attached hydrogen (secondary N) is 1. The number of benzene rings is 1. The van der Waals surface area contributed by atoms with Crippen molar-refractivity contribution in [3.05, 3.63) is 24.3 Å². The SMILES string of the molecule is C[n+]1c(NN)sc2ccccc21. The minimum absolute atomic E-state index is 0.969. The van der Waals surface area contributed by atoms with Crippen LogP contribution in [0.4, 0.5) is 5.13 Å². The minimum Gasteiger partial charge on any atom is -0.218 e. The predicted octanol–water partition coefficient (Wildman–Crippen LogP) is 1.01. The quantitative estimate of drug-likeness (QED) is 0.391. The van der Waals surface area contributed by atoms with Gasteiger partial charge >= 0.3 is 5.13 Å². The van der Waals surface area contributed by atoms with E-state index in [1.807, 2.05) is 23.7 Å². The van der Waals surface area contributed by atoms with Gasteiger partial charge in [0, 0.05) is 0 Å². The van der Waals surface area contributed by atoms with Gasteiger partial charge in [-0.1, -0.05) is 12.1 Å². The number of hydrogen-bond donors (Lipinski definition) is 2. The maximum atomic E-state index is 5.35. The fourth-order valence-electron chi connectivity index (χ4n) is 1.23. The fraction of sp³-hybridized carbons (Fsp3) is 0.125. The van der Waals surface area contributed by atoms with Crippen LogP contribution in [0.3, 0.4) is 0 Å². The Balaban J connectivity index is 2.78. The summed E-state index contributed by atoms with van der Waals surface area (Å²) in [6.45, 7) is 0. The molecule has 3 nitrogen and oxygen atoms in total. The predicted molar refractivity (Wildman–Crippen MR) is 50.8 cm³/mol. The van der Waals surface area contributed by atoms with Crippen molar-refractivity contribution in [1.29, 1.82) is 0 Å². The number of aromatic nitrogens is 1. The maximum absolute atomic E-state index is 5.35. The topological polar surface area (TPSA) is 41.9 Å². The molecular formula is C8H10N3S+. The first kappa shape index (κ1) is 7.52. The van der Waals surface area contributed by atoms with Gasteiger partial charge in [0.15, 0.2) is 0 Å². The number of aryl methyl sites for hydroxylation is 1. The molecule has 4 heteroatoms. The van der Waals surface area contributed by atoms with Crippen LogP contribution in [0.5, 0.6) is 0 Å². The second kappa shape index (κ2) is 2.73. The molecule has 0 aliphatic heterocycles. The molecule has 0 bridgehead atoms. The highest BCUT2D eigenvalue weighted by molar-refractivity contribution is 7.21. The van der Waals surface area contributed by atoms with Crippen molar-refractivity contribution in [2.75, 3.05) is 5.43 Å². The van der Waals surface area contributed by atoms with E-state index in [0.717, 1.165) is 5.13 Å². The summed E-state index contributed by atoms with van der Waals surface area (Å²) < 4.78 is 3.29. The number of thiazole rings is 1. The molecule has 1 aromatic heterocycles. The van der Waals surface area contributed by atoms with Gasteiger partial charge in [-0.2, -0.15) is 11.3 Å². The molecule has 3 N–H and O–H groups in total. The zero-order valence-corrected chi connectivity index (χ0v) is 7.56. The van der Waals surface area contributed by atoms with Gasteiger partial charge in [-0.15, -0.1) is 0 Å². The van der Waals surface area contributed by atoms with E-state index in [4.69, 9.17) is 5.84 Å². The van der Waals surface area contributed by atoms with Crippen molar-refractivity contribution in [3.8, 4) is 0 Å². The molecule has 0 amide bonds. The average Bonchev–Trinajstić information content (AvgIpc) is 2.44. The number of para-hydroxylation sites is 1. The Bertz CT molecular complexity index is 408. The van der Waals surface area contributed by atoms with Crippen LogP contribution in [0.25, 0.3) is 10.2 Å². The van der Waals surface area contributed by atoms with Crippen molar-refractivity contribution in [2.24, 2.45) is 12.9 Å². The number of hydrazine groups is 1. The van der Waals surface area contributed by atoms with E-state index in [1.54, 1.807) is 11.3 Å². The van der Waals surface area contributed by atoms with Crippen LogP contribution in [-0.4, -0.2) is 0 Å². The Morgan fingerprint density at radius 3 is 2.83 bits per heavy atom. The highest BCUT2D eigenvalue weighted by Crippen LogP contribution is 2.21. The Morgan fingerprint density at radius 1 is 1.42 bits per heavy atom. The fourth-order valence-corrected chi connectivity index (χ4v) is 2.19. The van der Waals surface area contributed by atoms with E-state index in [0.29, 0.717) is 0 Å². The summed E-state index contributed by atoms with van der Waals surface area (Å²) >= 11 is 1.65. The number of nitrogens with two attached hydrogens (primary N) is 1. The lowest BCUT2D eigenvalue weighted by molar-refractivity contribution is -0.626. The number of nitrogens with zero attached hydrogens (tertiary/aromatic N) is 1. The van der Waals surface area contributed by atoms with E-state index in [1.165, 1.54) is 10.2 Å². The molecule has 0 radical (unpaired) electrons. The first-order chi connectivity index (χ1) is 5.83. The highest BCUT2D eigenvalue weighted by atomic mass is 32.1.